The molecule has 0 radical (unpaired) electrons. The number of fused-ring (bicyclic) bond motifs is 1. The van der Waals surface area contributed by atoms with E-state index < -0.39 is 0 Å². The number of methoxy groups -OCH3 is 1. The summed E-state index contributed by atoms with van der Waals surface area (Å²) in [5.41, 5.74) is 2.80. The molecule has 20 heavy (non-hydrogen) atoms. The Hall–Kier alpha value is -2.49. The molecule has 1 aliphatic rings. The molecule has 3 rings (SSSR count). The van der Waals surface area contributed by atoms with Gasteiger partial charge in [-0.3, -0.25) is 4.79 Å². The summed E-state index contributed by atoms with van der Waals surface area (Å²) < 4.78 is 5.24. The molecule has 2 aromatic rings. The molecule has 1 atom stereocenters. The van der Waals surface area contributed by atoms with Crippen molar-refractivity contribution in [3.8, 4) is 5.75 Å². The SMILES string of the molecule is COc1cccc(C2CC(=O)Nc3ccccc3N2)c1. The van der Waals surface area contributed by atoms with Gasteiger partial charge in [0.25, 0.3) is 0 Å². The Labute approximate surface area is 117 Å². The van der Waals surface area contributed by atoms with Crippen molar-refractivity contribution >= 4 is 17.3 Å². The molecule has 0 aliphatic carbocycles. The van der Waals surface area contributed by atoms with Gasteiger partial charge in [0, 0.05) is 0 Å². The van der Waals surface area contributed by atoms with Crippen LogP contribution in [0, 0.1) is 0 Å². The number of nitrogens with one attached hydrogen (secondary N) is 2. The third-order valence-corrected chi connectivity index (χ3v) is 3.42. The summed E-state index contributed by atoms with van der Waals surface area (Å²) in [4.78, 5) is 12.0. The highest BCUT2D eigenvalue weighted by atomic mass is 16.5. The number of hydrogen-bond donors (Lipinski definition) is 2. The molecule has 0 saturated heterocycles. The second kappa shape index (κ2) is 5.25. The molecule has 0 bridgehead atoms. The van der Waals surface area contributed by atoms with Gasteiger partial charge in [0.15, 0.2) is 0 Å². The van der Waals surface area contributed by atoms with Crippen LogP contribution in [0.3, 0.4) is 0 Å². The van der Waals surface area contributed by atoms with Gasteiger partial charge in [-0.15, -0.1) is 0 Å². The van der Waals surface area contributed by atoms with Crippen molar-refractivity contribution in [2.24, 2.45) is 0 Å². The molecule has 1 amide bonds. The number of para-hydroxylation sites is 2. The second-order valence-electron chi connectivity index (χ2n) is 4.77. The summed E-state index contributed by atoms with van der Waals surface area (Å²) in [6.45, 7) is 0. The molecule has 2 N–H and O–H groups in total. The maximum absolute atomic E-state index is 12.0. The number of rotatable bonds is 2. The lowest BCUT2D eigenvalue weighted by atomic mass is 10.0. The molecule has 0 spiro atoms. The van der Waals surface area contributed by atoms with Crippen molar-refractivity contribution < 1.29 is 9.53 Å². The molecule has 4 nitrogen and oxygen atoms in total. The van der Waals surface area contributed by atoms with Gasteiger partial charge in [0.05, 0.1) is 30.9 Å². The van der Waals surface area contributed by atoms with Crippen molar-refractivity contribution in [1.29, 1.82) is 0 Å². The molecule has 0 aromatic heterocycles. The first-order valence-electron chi connectivity index (χ1n) is 6.55. The zero-order valence-corrected chi connectivity index (χ0v) is 11.2. The zero-order chi connectivity index (χ0) is 13.9. The molecule has 0 fully saturated rings. The lowest BCUT2D eigenvalue weighted by Crippen LogP contribution is -2.15. The summed E-state index contributed by atoms with van der Waals surface area (Å²) in [6, 6.07) is 15.5. The van der Waals surface area contributed by atoms with E-state index in [9.17, 15) is 4.79 Å². The van der Waals surface area contributed by atoms with Crippen LogP contribution >= 0.6 is 0 Å². The summed E-state index contributed by atoms with van der Waals surface area (Å²) >= 11 is 0. The van der Waals surface area contributed by atoms with Crippen molar-refractivity contribution in [2.75, 3.05) is 17.7 Å². The Morgan fingerprint density at radius 3 is 2.70 bits per heavy atom. The highest BCUT2D eigenvalue weighted by Gasteiger charge is 2.21. The third kappa shape index (κ3) is 2.45. The quantitative estimate of drug-likeness (QED) is 0.879. The number of ether oxygens (including phenoxy) is 1. The largest absolute Gasteiger partial charge is 0.497 e. The maximum atomic E-state index is 12.0. The summed E-state index contributed by atoms with van der Waals surface area (Å²) in [5.74, 6) is 0.803. The summed E-state index contributed by atoms with van der Waals surface area (Å²) in [5, 5.41) is 6.34. The third-order valence-electron chi connectivity index (χ3n) is 3.42. The van der Waals surface area contributed by atoms with Gasteiger partial charge in [-0.2, -0.15) is 0 Å². The van der Waals surface area contributed by atoms with Gasteiger partial charge in [0.1, 0.15) is 5.75 Å². The van der Waals surface area contributed by atoms with Crippen molar-refractivity contribution in [2.45, 2.75) is 12.5 Å². The van der Waals surface area contributed by atoms with Crippen LogP contribution in [0.1, 0.15) is 18.0 Å². The van der Waals surface area contributed by atoms with Gasteiger partial charge in [0.2, 0.25) is 5.91 Å². The summed E-state index contributed by atoms with van der Waals surface area (Å²) in [7, 11) is 1.64. The first kappa shape index (κ1) is 12.5. The maximum Gasteiger partial charge on any atom is 0.226 e. The number of amides is 1. The van der Waals surface area contributed by atoms with Crippen molar-refractivity contribution in [3.05, 3.63) is 54.1 Å². The van der Waals surface area contributed by atoms with Gasteiger partial charge in [-0.25, -0.2) is 0 Å². The smallest absolute Gasteiger partial charge is 0.226 e. The van der Waals surface area contributed by atoms with Crippen LogP contribution in [-0.4, -0.2) is 13.0 Å². The molecule has 102 valence electrons. The number of carbonyl (C=O) groups excluding carboxylic acids is 1. The van der Waals surface area contributed by atoms with Crippen LogP contribution < -0.4 is 15.4 Å². The van der Waals surface area contributed by atoms with E-state index in [0.717, 1.165) is 22.7 Å². The minimum absolute atomic E-state index is 0.00951. The normalized spacial score (nSPS) is 17.4. The van der Waals surface area contributed by atoms with Crippen LogP contribution in [0.15, 0.2) is 48.5 Å². The number of benzene rings is 2. The van der Waals surface area contributed by atoms with E-state index in [1.165, 1.54) is 0 Å². The molecule has 2 aromatic carbocycles. The molecular weight excluding hydrogens is 252 g/mol. The lowest BCUT2D eigenvalue weighted by molar-refractivity contribution is -0.116. The number of carbonyl (C=O) groups is 1. The molecule has 1 heterocycles. The van der Waals surface area contributed by atoms with E-state index in [1.807, 2.05) is 48.5 Å². The fraction of sp³-hybridized carbons (Fsp3) is 0.188. The topological polar surface area (TPSA) is 50.4 Å². The Morgan fingerprint density at radius 2 is 1.90 bits per heavy atom. The zero-order valence-electron chi connectivity index (χ0n) is 11.2. The fourth-order valence-electron chi connectivity index (χ4n) is 2.40. The van der Waals surface area contributed by atoms with E-state index in [1.54, 1.807) is 7.11 Å². The van der Waals surface area contributed by atoms with Gasteiger partial charge in [-0.1, -0.05) is 24.3 Å². The van der Waals surface area contributed by atoms with E-state index in [-0.39, 0.29) is 11.9 Å². The predicted molar refractivity (Wildman–Crippen MR) is 79.0 cm³/mol. The van der Waals surface area contributed by atoms with Crippen LogP contribution in [-0.2, 0) is 4.79 Å². The molecule has 4 heteroatoms. The van der Waals surface area contributed by atoms with Crippen LogP contribution in [0.2, 0.25) is 0 Å². The average molecular weight is 268 g/mol. The monoisotopic (exact) mass is 268 g/mol. The van der Waals surface area contributed by atoms with Gasteiger partial charge in [-0.05, 0) is 29.8 Å². The first-order valence-corrected chi connectivity index (χ1v) is 6.55. The van der Waals surface area contributed by atoms with Crippen molar-refractivity contribution in [1.82, 2.24) is 0 Å². The molecular formula is C16H16N2O2. The molecule has 1 aliphatic heterocycles. The van der Waals surface area contributed by atoms with E-state index in [2.05, 4.69) is 10.6 Å². The Kier molecular flexibility index (Phi) is 3.29. The fourth-order valence-corrected chi connectivity index (χ4v) is 2.40. The highest BCUT2D eigenvalue weighted by Crippen LogP contribution is 2.32. The van der Waals surface area contributed by atoms with Crippen LogP contribution in [0.5, 0.6) is 5.75 Å². The molecule has 0 saturated carbocycles. The predicted octanol–water partition coefficient (Wildman–Crippen LogP) is 3.19. The molecule has 1 unspecified atom stereocenters. The Balaban J connectivity index is 1.96. The first-order chi connectivity index (χ1) is 9.76. The van der Waals surface area contributed by atoms with E-state index in [4.69, 9.17) is 4.74 Å². The Bertz CT molecular complexity index is 640. The number of hydrogen-bond acceptors (Lipinski definition) is 3. The average Bonchev–Trinajstić information content (AvgIpc) is 2.65. The lowest BCUT2D eigenvalue weighted by Gasteiger charge is -2.17. The highest BCUT2D eigenvalue weighted by molar-refractivity contribution is 5.96. The minimum atomic E-state index is -0.0613. The van der Waals surface area contributed by atoms with E-state index >= 15 is 0 Å². The summed E-state index contributed by atoms with van der Waals surface area (Å²) in [6.07, 6.45) is 0.391. The van der Waals surface area contributed by atoms with Crippen LogP contribution in [0.25, 0.3) is 0 Å². The van der Waals surface area contributed by atoms with Crippen molar-refractivity contribution in [3.63, 3.8) is 0 Å². The second-order valence-corrected chi connectivity index (χ2v) is 4.77. The Morgan fingerprint density at radius 1 is 1.10 bits per heavy atom. The van der Waals surface area contributed by atoms with Gasteiger partial charge < -0.3 is 15.4 Å². The van der Waals surface area contributed by atoms with Crippen LogP contribution in [0.4, 0.5) is 11.4 Å². The van der Waals surface area contributed by atoms with E-state index in [0.29, 0.717) is 6.42 Å². The van der Waals surface area contributed by atoms with Gasteiger partial charge >= 0.3 is 0 Å². The standard InChI is InChI=1S/C16H16N2O2/c1-20-12-6-4-5-11(9-12)15-10-16(19)18-14-8-3-2-7-13(14)17-15/h2-9,15,17H,10H2,1H3,(H,18,19). The number of anilines is 2. The minimum Gasteiger partial charge on any atom is -0.497 e.